The highest BCUT2D eigenvalue weighted by Crippen LogP contribution is 2.39. The first kappa shape index (κ1) is 12.3. The topological polar surface area (TPSA) is 62.0 Å². The van der Waals surface area contributed by atoms with E-state index >= 15 is 0 Å². The first-order valence-electron chi connectivity index (χ1n) is 5.79. The lowest BCUT2D eigenvalue weighted by Gasteiger charge is -2.19. The first-order valence-corrected chi connectivity index (χ1v) is 6.57. The SMILES string of the molecule is COCCN(CCC#N)c1nc(C2CC2)ns1. The van der Waals surface area contributed by atoms with E-state index in [1.165, 1.54) is 24.4 Å². The van der Waals surface area contributed by atoms with Crippen molar-refractivity contribution in [1.82, 2.24) is 9.36 Å². The number of nitriles is 1. The lowest BCUT2D eigenvalue weighted by Crippen LogP contribution is -2.28. The summed E-state index contributed by atoms with van der Waals surface area (Å²) in [5.74, 6) is 1.56. The van der Waals surface area contributed by atoms with Crippen LogP contribution in [0.4, 0.5) is 5.13 Å². The molecule has 0 spiro atoms. The van der Waals surface area contributed by atoms with Gasteiger partial charge in [0.2, 0.25) is 5.13 Å². The molecule has 1 saturated carbocycles. The van der Waals surface area contributed by atoms with E-state index in [0.29, 0.717) is 25.5 Å². The third-order valence-corrected chi connectivity index (χ3v) is 3.49. The van der Waals surface area contributed by atoms with E-state index in [0.717, 1.165) is 17.5 Å². The molecule has 1 aliphatic carbocycles. The Labute approximate surface area is 105 Å². The molecule has 0 unspecified atom stereocenters. The van der Waals surface area contributed by atoms with Gasteiger partial charge in [-0.3, -0.25) is 0 Å². The van der Waals surface area contributed by atoms with Gasteiger partial charge in [0.1, 0.15) is 5.82 Å². The molecule has 2 rings (SSSR count). The molecular weight excluding hydrogens is 236 g/mol. The van der Waals surface area contributed by atoms with E-state index in [9.17, 15) is 0 Å². The largest absolute Gasteiger partial charge is 0.383 e. The van der Waals surface area contributed by atoms with Crippen LogP contribution in [0.25, 0.3) is 0 Å². The van der Waals surface area contributed by atoms with Gasteiger partial charge in [0, 0.05) is 37.6 Å². The second-order valence-electron chi connectivity index (χ2n) is 4.10. The van der Waals surface area contributed by atoms with Crippen LogP contribution in [0.15, 0.2) is 0 Å². The van der Waals surface area contributed by atoms with Crippen molar-refractivity contribution in [3.05, 3.63) is 5.82 Å². The van der Waals surface area contributed by atoms with Crippen molar-refractivity contribution in [3.8, 4) is 6.07 Å². The summed E-state index contributed by atoms with van der Waals surface area (Å²) in [7, 11) is 1.68. The summed E-state index contributed by atoms with van der Waals surface area (Å²) in [5, 5.41) is 9.57. The first-order chi connectivity index (χ1) is 8.35. The smallest absolute Gasteiger partial charge is 0.205 e. The molecule has 0 amide bonds. The van der Waals surface area contributed by atoms with Gasteiger partial charge in [-0.15, -0.1) is 0 Å². The van der Waals surface area contributed by atoms with Gasteiger partial charge in [-0.05, 0) is 12.8 Å². The average molecular weight is 252 g/mol. The van der Waals surface area contributed by atoms with Crippen molar-refractivity contribution >= 4 is 16.7 Å². The van der Waals surface area contributed by atoms with Crippen LogP contribution in [-0.4, -0.2) is 36.2 Å². The third kappa shape index (κ3) is 3.38. The molecule has 1 aliphatic rings. The molecule has 0 aromatic carbocycles. The van der Waals surface area contributed by atoms with Gasteiger partial charge in [0.25, 0.3) is 0 Å². The Morgan fingerprint density at radius 2 is 2.35 bits per heavy atom. The minimum atomic E-state index is 0.502. The van der Waals surface area contributed by atoms with E-state index in [2.05, 4.69) is 20.3 Å². The van der Waals surface area contributed by atoms with Gasteiger partial charge in [0.05, 0.1) is 19.1 Å². The van der Waals surface area contributed by atoms with Crippen molar-refractivity contribution in [1.29, 1.82) is 5.26 Å². The van der Waals surface area contributed by atoms with Gasteiger partial charge >= 0.3 is 0 Å². The normalized spacial score (nSPS) is 14.6. The van der Waals surface area contributed by atoms with Gasteiger partial charge in [0.15, 0.2) is 0 Å². The summed E-state index contributed by atoms with van der Waals surface area (Å²) < 4.78 is 9.45. The Morgan fingerprint density at radius 3 is 3.00 bits per heavy atom. The van der Waals surface area contributed by atoms with Gasteiger partial charge in [-0.1, -0.05) is 0 Å². The van der Waals surface area contributed by atoms with Crippen molar-refractivity contribution in [3.63, 3.8) is 0 Å². The number of anilines is 1. The standard InChI is InChI=1S/C11H16N4OS/c1-16-8-7-15(6-2-5-12)11-13-10(14-17-11)9-3-4-9/h9H,2-4,6-8H2,1H3. The molecule has 0 bridgehead atoms. The van der Waals surface area contributed by atoms with E-state index in [-0.39, 0.29) is 0 Å². The molecule has 92 valence electrons. The highest BCUT2D eigenvalue weighted by molar-refractivity contribution is 7.09. The Hall–Kier alpha value is -1.19. The Bertz CT molecular complexity index is 396. The third-order valence-electron chi connectivity index (χ3n) is 2.70. The van der Waals surface area contributed by atoms with E-state index in [4.69, 9.17) is 10.00 Å². The molecule has 1 aromatic heterocycles. The summed E-state index contributed by atoms with van der Waals surface area (Å²) in [4.78, 5) is 6.63. The molecule has 5 nitrogen and oxygen atoms in total. The van der Waals surface area contributed by atoms with Crippen LogP contribution in [0.3, 0.4) is 0 Å². The summed E-state index contributed by atoms with van der Waals surface area (Å²) in [6.07, 6.45) is 2.93. The number of hydrogen-bond donors (Lipinski definition) is 0. The monoisotopic (exact) mass is 252 g/mol. The molecule has 1 aromatic rings. The van der Waals surface area contributed by atoms with Crippen LogP contribution in [0.5, 0.6) is 0 Å². The van der Waals surface area contributed by atoms with Crippen molar-refractivity contribution in [2.75, 3.05) is 31.7 Å². The van der Waals surface area contributed by atoms with Crippen molar-refractivity contribution in [2.24, 2.45) is 0 Å². The Morgan fingerprint density at radius 1 is 1.53 bits per heavy atom. The molecule has 1 heterocycles. The summed E-state index contributed by atoms with van der Waals surface area (Å²) in [5.41, 5.74) is 0. The predicted molar refractivity (Wildman–Crippen MR) is 66.2 cm³/mol. The highest BCUT2D eigenvalue weighted by atomic mass is 32.1. The zero-order valence-electron chi connectivity index (χ0n) is 9.93. The van der Waals surface area contributed by atoms with Gasteiger partial charge < -0.3 is 9.64 Å². The van der Waals surface area contributed by atoms with Crippen LogP contribution in [0.2, 0.25) is 0 Å². The molecule has 1 fully saturated rings. The van der Waals surface area contributed by atoms with Crippen LogP contribution >= 0.6 is 11.5 Å². The van der Waals surface area contributed by atoms with E-state index < -0.39 is 0 Å². The number of nitrogens with zero attached hydrogens (tertiary/aromatic N) is 4. The Balaban J connectivity index is 1.98. The lowest BCUT2D eigenvalue weighted by molar-refractivity contribution is 0.205. The van der Waals surface area contributed by atoms with Gasteiger partial charge in [-0.2, -0.15) is 9.64 Å². The second-order valence-corrected chi connectivity index (χ2v) is 4.83. The van der Waals surface area contributed by atoms with Crippen LogP contribution < -0.4 is 4.90 Å². The van der Waals surface area contributed by atoms with Crippen LogP contribution in [-0.2, 0) is 4.74 Å². The van der Waals surface area contributed by atoms with Crippen molar-refractivity contribution in [2.45, 2.75) is 25.2 Å². The quantitative estimate of drug-likeness (QED) is 0.740. The average Bonchev–Trinajstić information content (AvgIpc) is 3.09. The molecule has 6 heteroatoms. The molecule has 0 N–H and O–H groups in total. The fourth-order valence-electron chi connectivity index (χ4n) is 1.55. The number of hydrogen-bond acceptors (Lipinski definition) is 6. The number of ether oxygens (including phenoxy) is 1. The minimum absolute atomic E-state index is 0.502. The molecule has 0 atom stereocenters. The van der Waals surface area contributed by atoms with Crippen LogP contribution in [0, 0.1) is 11.3 Å². The summed E-state index contributed by atoms with van der Waals surface area (Å²) in [6.45, 7) is 2.10. The zero-order valence-corrected chi connectivity index (χ0v) is 10.7. The van der Waals surface area contributed by atoms with E-state index in [1.54, 1.807) is 7.11 Å². The second kappa shape index (κ2) is 5.94. The predicted octanol–water partition coefficient (Wildman–Crippen LogP) is 1.78. The number of aromatic nitrogens is 2. The zero-order chi connectivity index (χ0) is 12.1. The maximum atomic E-state index is 8.65. The van der Waals surface area contributed by atoms with Crippen molar-refractivity contribution < 1.29 is 4.74 Å². The fourth-order valence-corrected chi connectivity index (χ4v) is 2.35. The molecule has 0 radical (unpaired) electrons. The number of rotatable bonds is 7. The van der Waals surface area contributed by atoms with Gasteiger partial charge in [-0.25, -0.2) is 4.98 Å². The molecule has 0 aliphatic heterocycles. The maximum absolute atomic E-state index is 8.65. The Kier molecular flexibility index (Phi) is 4.29. The summed E-state index contributed by atoms with van der Waals surface area (Å²) >= 11 is 1.43. The fraction of sp³-hybridized carbons (Fsp3) is 0.727. The summed E-state index contributed by atoms with van der Waals surface area (Å²) in [6, 6.07) is 2.16. The maximum Gasteiger partial charge on any atom is 0.205 e. The molecular formula is C11H16N4OS. The minimum Gasteiger partial charge on any atom is -0.383 e. The van der Waals surface area contributed by atoms with E-state index in [1.807, 2.05) is 0 Å². The number of methoxy groups -OCH3 is 1. The van der Waals surface area contributed by atoms with Crippen LogP contribution in [0.1, 0.15) is 31.0 Å². The molecule has 17 heavy (non-hydrogen) atoms. The highest BCUT2D eigenvalue weighted by Gasteiger charge is 2.28. The lowest BCUT2D eigenvalue weighted by atomic mass is 10.4. The molecule has 0 saturated heterocycles.